The second-order valence-electron chi connectivity index (χ2n) is 6.46. The van der Waals surface area contributed by atoms with E-state index in [9.17, 15) is 8.42 Å². The van der Waals surface area contributed by atoms with Gasteiger partial charge in [-0.3, -0.25) is 0 Å². The van der Waals surface area contributed by atoms with Gasteiger partial charge >= 0.3 is 10.1 Å². The number of benzene rings is 4. The molecule has 0 atom stereocenters. The smallest absolute Gasteiger partial charge is 0.191 e. The fourth-order valence-electron chi connectivity index (χ4n) is 3.27. The van der Waals surface area contributed by atoms with E-state index in [-0.39, 0.29) is 4.90 Å². The molecule has 0 unspecified atom stereocenters. The summed E-state index contributed by atoms with van der Waals surface area (Å²) in [5.41, 5.74) is 0. The molecule has 3 nitrogen and oxygen atoms in total. The van der Waals surface area contributed by atoms with Gasteiger partial charge in [0.25, 0.3) is 7.49 Å². The van der Waals surface area contributed by atoms with E-state index in [1.54, 1.807) is 30.3 Å². The predicted octanol–water partition coefficient (Wildman–Crippen LogP) is 4.30. The Bertz CT molecular complexity index is 1070. The van der Waals surface area contributed by atoms with Gasteiger partial charge in [0.05, 0.1) is 4.90 Å². The maximum Gasteiger partial charge on any atom is 0.329 e. The van der Waals surface area contributed by atoms with E-state index in [4.69, 9.17) is 3.97 Å². The highest BCUT2D eigenvalue weighted by Gasteiger charge is 2.52. The summed E-state index contributed by atoms with van der Waals surface area (Å²) in [6.45, 7) is 0. The van der Waals surface area contributed by atoms with Gasteiger partial charge in [-0.15, -0.1) is 0 Å². The van der Waals surface area contributed by atoms with E-state index in [1.807, 2.05) is 91.0 Å². The molecule has 29 heavy (non-hydrogen) atoms. The van der Waals surface area contributed by atoms with Gasteiger partial charge in [0.2, 0.25) is 0 Å². The first kappa shape index (κ1) is 19.5. The van der Waals surface area contributed by atoms with Crippen molar-refractivity contribution in [3.05, 3.63) is 121 Å². The predicted molar refractivity (Wildman–Crippen MR) is 120 cm³/mol. The quantitative estimate of drug-likeness (QED) is 0.438. The van der Waals surface area contributed by atoms with Crippen molar-refractivity contribution >= 4 is 33.5 Å². The standard InChI is InChI=1S/C24H20O3PS/c25-29(26,24-19-11-4-12-20-24)27-28(21-13-5-1-6-14-21,22-15-7-2-8-16-22)23-17-9-3-10-18-23/h1-20H/q+1. The van der Waals surface area contributed by atoms with E-state index in [0.29, 0.717) is 0 Å². The van der Waals surface area contributed by atoms with Crippen LogP contribution in [0, 0.1) is 0 Å². The van der Waals surface area contributed by atoms with Crippen molar-refractivity contribution < 1.29 is 12.4 Å². The molecule has 0 aromatic heterocycles. The molecule has 0 amide bonds. The van der Waals surface area contributed by atoms with Gasteiger partial charge in [-0.2, -0.15) is 8.42 Å². The molecule has 0 radical (unpaired) electrons. The summed E-state index contributed by atoms with van der Waals surface area (Å²) < 4.78 is 33.0. The molecule has 0 N–H and O–H groups in total. The number of hydrogen-bond donors (Lipinski definition) is 0. The fourth-order valence-corrected chi connectivity index (χ4v) is 8.98. The largest absolute Gasteiger partial charge is 0.329 e. The highest BCUT2D eigenvalue weighted by molar-refractivity contribution is 8.01. The molecular weight excluding hydrogens is 399 g/mol. The third-order valence-corrected chi connectivity index (χ3v) is 10.2. The second-order valence-corrected chi connectivity index (χ2v) is 11.2. The first-order valence-electron chi connectivity index (χ1n) is 9.20. The summed E-state index contributed by atoms with van der Waals surface area (Å²) >= 11 is 0. The Morgan fingerprint density at radius 2 is 0.793 bits per heavy atom. The Hall–Kier alpha value is -2.78. The van der Waals surface area contributed by atoms with Crippen LogP contribution in [0.2, 0.25) is 0 Å². The highest BCUT2D eigenvalue weighted by atomic mass is 32.2. The van der Waals surface area contributed by atoms with E-state index in [0.717, 1.165) is 15.9 Å². The molecule has 0 saturated heterocycles. The van der Waals surface area contributed by atoms with Crippen LogP contribution in [-0.2, 0) is 14.1 Å². The fraction of sp³-hybridized carbons (Fsp3) is 0. The summed E-state index contributed by atoms with van der Waals surface area (Å²) in [6, 6.07) is 37.2. The molecule has 144 valence electrons. The van der Waals surface area contributed by atoms with Gasteiger partial charge in [-0.1, -0.05) is 76.8 Å². The average Bonchev–Trinajstić information content (AvgIpc) is 2.80. The lowest BCUT2D eigenvalue weighted by Gasteiger charge is -2.24. The summed E-state index contributed by atoms with van der Waals surface area (Å²) in [5.74, 6) is 0. The van der Waals surface area contributed by atoms with Crippen LogP contribution in [0.1, 0.15) is 0 Å². The Morgan fingerprint density at radius 3 is 1.14 bits per heavy atom. The van der Waals surface area contributed by atoms with Crippen LogP contribution in [0.15, 0.2) is 126 Å². The Kier molecular flexibility index (Phi) is 5.59. The maximum atomic E-state index is 13.4. The van der Waals surface area contributed by atoms with Gasteiger partial charge in [-0.25, -0.2) is 0 Å². The van der Waals surface area contributed by atoms with Crippen LogP contribution in [0.3, 0.4) is 0 Å². The molecular formula is C24H20O3PS+. The van der Waals surface area contributed by atoms with Crippen molar-refractivity contribution in [1.29, 1.82) is 0 Å². The van der Waals surface area contributed by atoms with Gasteiger partial charge in [0.15, 0.2) is 0 Å². The molecule has 0 fully saturated rings. The topological polar surface area (TPSA) is 43.4 Å². The number of rotatable bonds is 6. The van der Waals surface area contributed by atoms with Gasteiger partial charge in [0.1, 0.15) is 15.9 Å². The van der Waals surface area contributed by atoms with Crippen LogP contribution in [-0.4, -0.2) is 8.42 Å². The van der Waals surface area contributed by atoms with Gasteiger partial charge < -0.3 is 0 Å². The Balaban J connectivity index is 2.01. The van der Waals surface area contributed by atoms with Crippen LogP contribution in [0.5, 0.6) is 0 Å². The Morgan fingerprint density at radius 1 is 0.483 bits per heavy atom. The maximum absolute atomic E-state index is 13.4. The molecule has 0 bridgehead atoms. The molecule has 5 heteroatoms. The van der Waals surface area contributed by atoms with Crippen molar-refractivity contribution in [2.24, 2.45) is 0 Å². The molecule has 0 aliphatic carbocycles. The summed E-state index contributed by atoms with van der Waals surface area (Å²) in [7, 11) is -6.94. The minimum Gasteiger partial charge on any atom is -0.191 e. The molecule has 4 aromatic rings. The first-order chi connectivity index (χ1) is 14.1. The van der Waals surface area contributed by atoms with Crippen LogP contribution in [0.25, 0.3) is 0 Å². The molecule has 0 spiro atoms. The average molecular weight is 419 g/mol. The van der Waals surface area contributed by atoms with Crippen LogP contribution >= 0.6 is 7.49 Å². The van der Waals surface area contributed by atoms with Gasteiger partial charge in [0, 0.05) is 0 Å². The lowest BCUT2D eigenvalue weighted by Crippen LogP contribution is -2.34. The van der Waals surface area contributed by atoms with E-state index in [2.05, 4.69) is 0 Å². The Labute approximate surface area is 172 Å². The van der Waals surface area contributed by atoms with Crippen LogP contribution in [0.4, 0.5) is 0 Å². The molecule has 0 aliphatic heterocycles. The van der Waals surface area contributed by atoms with Crippen molar-refractivity contribution in [1.82, 2.24) is 0 Å². The zero-order valence-corrected chi connectivity index (χ0v) is 17.3. The molecule has 0 aliphatic rings. The summed E-state index contributed by atoms with van der Waals surface area (Å²) in [4.78, 5) is 0.146. The first-order valence-corrected chi connectivity index (χ1v) is 12.3. The highest BCUT2D eigenvalue weighted by Crippen LogP contribution is 2.58. The van der Waals surface area contributed by atoms with Gasteiger partial charge in [-0.05, 0) is 48.5 Å². The summed E-state index contributed by atoms with van der Waals surface area (Å²) in [5, 5.41) is 2.53. The minimum absolute atomic E-state index is 0.146. The van der Waals surface area contributed by atoms with E-state index >= 15 is 0 Å². The molecule has 0 saturated carbocycles. The second kappa shape index (κ2) is 8.30. The zero-order chi connectivity index (χ0) is 20.2. The summed E-state index contributed by atoms with van der Waals surface area (Å²) in [6.07, 6.45) is 0. The minimum atomic E-state index is -4.01. The lowest BCUT2D eigenvalue weighted by atomic mass is 10.4. The third-order valence-electron chi connectivity index (χ3n) is 4.60. The third kappa shape index (κ3) is 3.88. The van der Waals surface area contributed by atoms with Crippen molar-refractivity contribution in [3.63, 3.8) is 0 Å². The normalized spacial score (nSPS) is 11.9. The van der Waals surface area contributed by atoms with Crippen molar-refractivity contribution in [3.8, 4) is 0 Å². The van der Waals surface area contributed by atoms with E-state index in [1.165, 1.54) is 0 Å². The number of hydrogen-bond acceptors (Lipinski definition) is 3. The van der Waals surface area contributed by atoms with Crippen LogP contribution < -0.4 is 15.9 Å². The van der Waals surface area contributed by atoms with Crippen molar-refractivity contribution in [2.75, 3.05) is 0 Å². The molecule has 0 heterocycles. The monoisotopic (exact) mass is 419 g/mol. The SMILES string of the molecule is O=S(=O)(O[P+](c1ccccc1)(c1ccccc1)c1ccccc1)c1ccccc1. The molecule has 4 rings (SSSR count). The van der Waals surface area contributed by atoms with E-state index < -0.39 is 17.6 Å². The lowest BCUT2D eigenvalue weighted by molar-refractivity contribution is 0.510. The molecule has 4 aromatic carbocycles. The van der Waals surface area contributed by atoms with Crippen molar-refractivity contribution in [2.45, 2.75) is 4.90 Å². The zero-order valence-electron chi connectivity index (χ0n) is 15.6.